The molecule has 4 aromatic rings. The number of rotatable bonds is 8. The molecule has 36 heavy (non-hydrogen) atoms. The molecule has 3 aromatic carbocycles. The summed E-state index contributed by atoms with van der Waals surface area (Å²) in [6, 6.07) is 25.0. The molecule has 1 fully saturated rings. The van der Waals surface area contributed by atoms with E-state index in [9.17, 15) is 9.59 Å². The second-order valence-corrected chi connectivity index (χ2v) is 9.13. The Labute approximate surface area is 213 Å². The van der Waals surface area contributed by atoms with Gasteiger partial charge in [-0.05, 0) is 54.2 Å². The predicted octanol–water partition coefficient (Wildman–Crippen LogP) is 7.74. The Morgan fingerprint density at radius 3 is 2.25 bits per heavy atom. The molecule has 0 aliphatic heterocycles. The fraction of sp³-hybridized carbons (Fsp3) is 0.172. The summed E-state index contributed by atoms with van der Waals surface area (Å²) in [4.78, 5) is 23.3. The summed E-state index contributed by atoms with van der Waals surface area (Å²) in [6.07, 6.45) is 2.06. The van der Waals surface area contributed by atoms with Gasteiger partial charge in [0.2, 0.25) is 5.88 Å². The number of nitrogens with one attached hydrogen (secondary N) is 1. The van der Waals surface area contributed by atoms with Crippen molar-refractivity contribution in [2.24, 2.45) is 0 Å². The van der Waals surface area contributed by atoms with E-state index in [4.69, 9.17) is 25.5 Å². The van der Waals surface area contributed by atoms with Crippen LogP contribution in [-0.2, 0) is 19.9 Å². The first-order chi connectivity index (χ1) is 17.5. The molecule has 1 aromatic heterocycles. The Morgan fingerprint density at radius 2 is 1.61 bits per heavy atom. The Balaban J connectivity index is 1.26. The average Bonchev–Trinajstić information content (AvgIpc) is 3.53. The fourth-order valence-corrected chi connectivity index (χ4v) is 4.56. The lowest BCUT2D eigenvalue weighted by molar-refractivity contribution is -0.136. The number of furan rings is 1. The van der Waals surface area contributed by atoms with Crippen molar-refractivity contribution in [2.45, 2.75) is 31.5 Å². The SMILES string of the molecule is C[C@@H](OC(=O)Nc1occc1-c1ccc(-c2ccc(C3(OC=O)CC3)cc2)cc1)c1ccccc1Cl. The molecule has 0 radical (unpaired) electrons. The molecule has 0 saturated heterocycles. The number of halogens is 1. The van der Waals surface area contributed by atoms with Crippen LogP contribution in [0.1, 0.15) is 37.0 Å². The summed E-state index contributed by atoms with van der Waals surface area (Å²) in [7, 11) is 0. The van der Waals surface area contributed by atoms with Crippen molar-refractivity contribution < 1.29 is 23.5 Å². The number of carbonyl (C=O) groups is 2. The maximum absolute atomic E-state index is 12.5. The predicted molar refractivity (Wildman–Crippen MR) is 138 cm³/mol. The lowest BCUT2D eigenvalue weighted by Gasteiger charge is -2.15. The zero-order valence-corrected chi connectivity index (χ0v) is 20.3. The van der Waals surface area contributed by atoms with Crippen molar-refractivity contribution >= 4 is 30.1 Å². The van der Waals surface area contributed by atoms with E-state index in [1.54, 1.807) is 19.1 Å². The van der Waals surface area contributed by atoms with Crippen LogP contribution in [0, 0.1) is 0 Å². The van der Waals surface area contributed by atoms with Crippen molar-refractivity contribution in [1.29, 1.82) is 0 Å². The van der Waals surface area contributed by atoms with Crippen LogP contribution in [0.4, 0.5) is 10.7 Å². The highest BCUT2D eigenvalue weighted by Crippen LogP contribution is 2.49. The first-order valence-corrected chi connectivity index (χ1v) is 12.0. The molecular weight excluding hydrogens is 478 g/mol. The lowest BCUT2D eigenvalue weighted by atomic mass is 9.99. The molecule has 1 atom stereocenters. The largest absolute Gasteiger partial charge is 0.456 e. The van der Waals surface area contributed by atoms with Gasteiger partial charge in [0.25, 0.3) is 6.47 Å². The number of benzene rings is 3. The Morgan fingerprint density at radius 1 is 0.972 bits per heavy atom. The lowest BCUT2D eigenvalue weighted by Crippen LogP contribution is -2.16. The van der Waals surface area contributed by atoms with Crippen molar-refractivity contribution in [1.82, 2.24) is 0 Å². The van der Waals surface area contributed by atoms with Gasteiger partial charge in [0, 0.05) is 16.1 Å². The van der Waals surface area contributed by atoms with E-state index in [0.29, 0.717) is 17.4 Å². The Hall–Kier alpha value is -4.03. The normalized spacial score (nSPS) is 14.5. The van der Waals surface area contributed by atoms with E-state index in [-0.39, 0.29) is 0 Å². The molecule has 5 rings (SSSR count). The van der Waals surface area contributed by atoms with E-state index in [0.717, 1.165) is 46.2 Å². The maximum atomic E-state index is 12.5. The van der Waals surface area contributed by atoms with Gasteiger partial charge in [0.15, 0.2) is 0 Å². The monoisotopic (exact) mass is 501 g/mol. The molecule has 6 nitrogen and oxygen atoms in total. The van der Waals surface area contributed by atoms with Gasteiger partial charge >= 0.3 is 6.09 Å². The van der Waals surface area contributed by atoms with E-state index in [1.807, 2.05) is 66.7 Å². The van der Waals surface area contributed by atoms with Crippen LogP contribution in [0.2, 0.25) is 5.02 Å². The number of hydrogen-bond donors (Lipinski definition) is 1. The quantitative estimate of drug-likeness (QED) is 0.250. The summed E-state index contributed by atoms with van der Waals surface area (Å²) < 4.78 is 16.3. The van der Waals surface area contributed by atoms with Gasteiger partial charge in [-0.2, -0.15) is 0 Å². The molecule has 1 saturated carbocycles. The van der Waals surface area contributed by atoms with E-state index >= 15 is 0 Å². The molecule has 182 valence electrons. The summed E-state index contributed by atoms with van der Waals surface area (Å²) in [6.45, 7) is 2.28. The summed E-state index contributed by atoms with van der Waals surface area (Å²) in [5.41, 5.74) is 5.00. The van der Waals surface area contributed by atoms with Gasteiger partial charge in [-0.15, -0.1) is 0 Å². The van der Waals surface area contributed by atoms with Crippen LogP contribution < -0.4 is 5.32 Å². The molecule has 0 spiro atoms. The molecule has 0 bridgehead atoms. The van der Waals surface area contributed by atoms with Crippen molar-refractivity contribution in [3.8, 4) is 22.3 Å². The zero-order chi connectivity index (χ0) is 25.1. The summed E-state index contributed by atoms with van der Waals surface area (Å²) in [5, 5.41) is 3.22. The van der Waals surface area contributed by atoms with Gasteiger partial charge < -0.3 is 13.9 Å². The number of anilines is 1. The third kappa shape index (κ3) is 4.86. The zero-order valence-electron chi connectivity index (χ0n) is 19.6. The molecule has 0 unspecified atom stereocenters. The van der Waals surface area contributed by atoms with Crippen LogP contribution >= 0.6 is 11.6 Å². The third-order valence-electron chi connectivity index (χ3n) is 6.43. The van der Waals surface area contributed by atoms with Gasteiger partial charge in [-0.1, -0.05) is 78.3 Å². The van der Waals surface area contributed by atoms with Gasteiger partial charge in [-0.3, -0.25) is 10.1 Å². The van der Waals surface area contributed by atoms with Crippen molar-refractivity contribution in [3.05, 3.63) is 101 Å². The highest BCUT2D eigenvalue weighted by molar-refractivity contribution is 6.31. The molecule has 1 aliphatic carbocycles. The number of ether oxygens (including phenoxy) is 2. The van der Waals surface area contributed by atoms with Crippen LogP contribution in [-0.4, -0.2) is 12.6 Å². The molecule has 1 heterocycles. The standard InChI is InChI=1S/C29H24ClNO5/c1-19(24-4-2-3-5-26(24)30)36-28(33)31-27-25(14-17-34-27)22-8-6-20(7-9-22)21-10-12-23(13-11-21)29(15-16-29)35-18-32/h2-14,17-19H,15-16H2,1H3,(H,31,33)/t19-/m1/s1. The molecular formula is C29H24ClNO5. The van der Waals surface area contributed by atoms with E-state index in [2.05, 4.69) is 5.32 Å². The minimum atomic E-state index is -0.637. The van der Waals surface area contributed by atoms with Gasteiger partial charge in [0.1, 0.15) is 11.7 Å². The average molecular weight is 502 g/mol. The fourth-order valence-electron chi connectivity index (χ4n) is 4.27. The number of hydrogen-bond acceptors (Lipinski definition) is 5. The maximum Gasteiger partial charge on any atom is 0.414 e. The summed E-state index contributed by atoms with van der Waals surface area (Å²) in [5.74, 6) is 0.299. The van der Waals surface area contributed by atoms with Crippen LogP contribution in [0.15, 0.2) is 89.5 Å². The number of amides is 1. The first-order valence-electron chi connectivity index (χ1n) is 11.6. The second kappa shape index (κ2) is 9.91. The molecule has 7 heteroatoms. The molecule has 1 aliphatic rings. The van der Waals surface area contributed by atoms with E-state index in [1.165, 1.54) is 6.26 Å². The first kappa shape index (κ1) is 23.7. The minimum absolute atomic E-state index is 0.299. The van der Waals surface area contributed by atoms with Gasteiger partial charge in [0.05, 0.1) is 6.26 Å². The van der Waals surface area contributed by atoms with Gasteiger partial charge in [-0.25, -0.2) is 4.79 Å². The van der Waals surface area contributed by atoms with Crippen molar-refractivity contribution in [3.63, 3.8) is 0 Å². The van der Waals surface area contributed by atoms with Crippen molar-refractivity contribution in [2.75, 3.05) is 5.32 Å². The molecule has 1 N–H and O–H groups in total. The second-order valence-electron chi connectivity index (χ2n) is 8.72. The molecule has 1 amide bonds. The smallest absolute Gasteiger partial charge is 0.414 e. The minimum Gasteiger partial charge on any atom is -0.456 e. The number of carbonyl (C=O) groups excluding carboxylic acids is 2. The van der Waals surface area contributed by atoms with Crippen LogP contribution in [0.5, 0.6) is 0 Å². The topological polar surface area (TPSA) is 77.8 Å². The Kier molecular flexibility index (Phi) is 6.53. The summed E-state index contributed by atoms with van der Waals surface area (Å²) >= 11 is 6.20. The third-order valence-corrected chi connectivity index (χ3v) is 6.77. The Bertz CT molecular complexity index is 1370. The highest BCUT2D eigenvalue weighted by Gasteiger charge is 2.46. The highest BCUT2D eigenvalue weighted by atomic mass is 35.5. The van der Waals surface area contributed by atoms with E-state index < -0.39 is 17.8 Å². The van der Waals surface area contributed by atoms with Crippen LogP contribution in [0.25, 0.3) is 22.3 Å². The van der Waals surface area contributed by atoms with Crippen LogP contribution in [0.3, 0.4) is 0 Å².